The molecule has 0 aromatic heterocycles. The molecule has 0 heterocycles. The van der Waals surface area contributed by atoms with E-state index in [1.807, 2.05) is 66.7 Å². The first-order valence-electron chi connectivity index (χ1n) is 13.4. The van der Waals surface area contributed by atoms with Crippen molar-refractivity contribution in [2.24, 2.45) is 10.3 Å². The van der Waals surface area contributed by atoms with Crippen LogP contribution >= 0.6 is 0 Å². The van der Waals surface area contributed by atoms with Crippen LogP contribution < -0.4 is 9.47 Å². The number of rotatable bonds is 14. The molecule has 0 aliphatic carbocycles. The molecular formula is C32H36N2O4. The topological polar surface area (TPSA) is 83.6 Å². The third-order valence-corrected chi connectivity index (χ3v) is 6.82. The van der Waals surface area contributed by atoms with E-state index in [2.05, 4.69) is 23.3 Å². The maximum atomic E-state index is 9.21. The van der Waals surface area contributed by atoms with Gasteiger partial charge in [0.1, 0.15) is 11.5 Å². The summed E-state index contributed by atoms with van der Waals surface area (Å²) >= 11 is 0. The zero-order valence-corrected chi connectivity index (χ0v) is 21.9. The van der Waals surface area contributed by atoms with Crippen molar-refractivity contribution in [2.45, 2.75) is 58.0 Å². The van der Waals surface area contributed by atoms with Gasteiger partial charge in [0.15, 0.2) is 0 Å². The molecule has 198 valence electrons. The van der Waals surface area contributed by atoms with Gasteiger partial charge >= 0.3 is 0 Å². The number of unbranched alkanes of at least 4 members (excludes halogenated alkanes) is 3. The lowest BCUT2D eigenvalue weighted by molar-refractivity contribution is 0.172. The smallest absolute Gasteiger partial charge is 0.136 e. The second-order valence-electron chi connectivity index (χ2n) is 9.47. The van der Waals surface area contributed by atoms with E-state index in [1.165, 1.54) is 18.9 Å². The van der Waals surface area contributed by atoms with E-state index < -0.39 is 0 Å². The van der Waals surface area contributed by atoms with Crippen molar-refractivity contribution in [3.8, 4) is 11.5 Å². The van der Waals surface area contributed by atoms with Crippen LogP contribution in [0.25, 0.3) is 21.5 Å². The predicted molar refractivity (Wildman–Crippen MR) is 155 cm³/mol. The van der Waals surface area contributed by atoms with Gasteiger partial charge in [0.25, 0.3) is 0 Å². The lowest BCUT2D eigenvalue weighted by atomic mass is 10.0. The Hall–Kier alpha value is -4.06. The first-order valence-corrected chi connectivity index (χ1v) is 13.4. The minimum absolute atomic E-state index is 0.0518. The lowest BCUT2D eigenvalue weighted by Gasteiger charge is -2.22. The van der Waals surface area contributed by atoms with E-state index in [1.54, 1.807) is 0 Å². The Bertz CT molecular complexity index is 1380. The Balaban J connectivity index is 1.42. The molecular weight excluding hydrogens is 476 g/mol. The quantitative estimate of drug-likeness (QED) is 0.0772. The molecule has 4 aromatic carbocycles. The van der Waals surface area contributed by atoms with Crippen molar-refractivity contribution in [1.29, 1.82) is 0 Å². The summed E-state index contributed by atoms with van der Waals surface area (Å²) in [5.74, 6) is 1.48. The number of nitrogens with zero attached hydrogens (tertiary/aromatic N) is 2. The fraction of sp³-hybridized carbons (Fsp3) is 0.312. The SMILES string of the molecule is CCCCCC(CCCCOc1ccc2ccccc2c1C=NO)Oc1c(C=NO)ccc2ccccc12. The molecule has 0 saturated carbocycles. The van der Waals surface area contributed by atoms with Gasteiger partial charge in [0, 0.05) is 16.5 Å². The normalized spacial score (nSPS) is 12.6. The first-order chi connectivity index (χ1) is 18.7. The fourth-order valence-corrected chi connectivity index (χ4v) is 4.85. The van der Waals surface area contributed by atoms with Crippen molar-refractivity contribution in [1.82, 2.24) is 0 Å². The van der Waals surface area contributed by atoms with Gasteiger partial charge in [-0.1, -0.05) is 90.7 Å². The number of hydrogen-bond acceptors (Lipinski definition) is 6. The molecule has 0 fully saturated rings. The maximum absolute atomic E-state index is 9.21. The zero-order chi connectivity index (χ0) is 26.6. The third kappa shape index (κ3) is 6.82. The summed E-state index contributed by atoms with van der Waals surface area (Å²) < 4.78 is 12.8. The van der Waals surface area contributed by atoms with Crippen LogP contribution in [0.3, 0.4) is 0 Å². The Morgan fingerprint density at radius 1 is 0.737 bits per heavy atom. The van der Waals surface area contributed by atoms with Crippen molar-refractivity contribution >= 4 is 34.0 Å². The summed E-state index contributed by atoms with van der Waals surface area (Å²) in [6.07, 6.45) is 10.0. The first kappa shape index (κ1) is 27.0. The van der Waals surface area contributed by atoms with Gasteiger partial charge in [-0.3, -0.25) is 0 Å². The van der Waals surface area contributed by atoms with Crippen LogP contribution in [0.4, 0.5) is 0 Å². The molecule has 1 unspecified atom stereocenters. The van der Waals surface area contributed by atoms with Gasteiger partial charge < -0.3 is 19.9 Å². The van der Waals surface area contributed by atoms with E-state index in [9.17, 15) is 10.4 Å². The highest BCUT2D eigenvalue weighted by Crippen LogP contribution is 2.32. The standard InChI is InChI=1S/C32H36N2O4/c1-2-3-4-13-27(38-32-26(22-33-35)18-17-25-12-6-8-16-29(25)32)14-9-10-21-37-31-20-19-24-11-5-7-15-28(24)30(31)23-34-36/h5-8,11-12,15-20,22-23,27,35-36H,2-4,9-10,13-14,21H2,1H3. The summed E-state index contributed by atoms with van der Waals surface area (Å²) in [5.41, 5.74) is 1.55. The van der Waals surface area contributed by atoms with Crippen molar-refractivity contribution in [3.05, 3.63) is 83.9 Å². The molecule has 0 amide bonds. The van der Waals surface area contributed by atoms with Crippen molar-refractivity contribution < 1.29 is 19.9 Å². The largest absolute Gasteiger partial charge is 0.493 e. The second-order valence-corrected chi connectivity index (χ2v) is 9.47. The average Bonchev–Trinajstić information content (AvgIpc) is 2.95. The summed E-state index contributed by atoms with van der Waals surface area (Å²) in [6, 6.07) is 24.0. The van der Waals surface area contributed by atoms with E-state index in [0.717, 1.165) is 76.9 Å². The molecule has 0 aliphatic heterocycles. The van der Waals surface area contributed by atoms with Crippen LogP contribution in [0.1, 0.15) is 63.0 Å². The monoisotopic (exact) mass is 512 g/mol. The maximum Gasteiger partial charge on any atom is 0.136 e. The van der Waals surface area contributed by atoms with E-state index >= 15 is 0 Å². The average molecular weight is 513 g/mol. The summed E-state index contributed by atoms with van der Waals surface area (Å²) in [6.45, 7) is 2.76. The van der Waals surface area contributed by atoms with Gasteiger partial charge in [-0.2, -0.15) is 0 Å². The Labute approximate surface area is 224 Å². The minimum atomic E-state index is 0.0518. The Morgan fingerprint density at radius 2 is 1.39 bits per heavy atom. The van der Waals surface area contributed by atoms with E-state index in [-0.39, 0.29) is 6.10 Å². The molecule has 0 saturated heterocycles. The number of oxime groups is 2. The summed E-state index contributed by atoms with van der Waals surface area (Å²) in [4.78, 5) is 0. The molecule has 0 bridgehead atoms. The highest BCUT2D eigenvalue weighted by Gasteiger charge is 2.16. The summed E-state index contributed by atoms with van der Waals surface area (Å²) in [5, 5.41) is 29.1. The Kier molecular flexibility index (Phi) is 9.96. The van der Waals surface area contributed by atoms with Crippen LogP contribution in [0.2, 0.25) is 0 Å². The highest BCUT2D eigenvalue weighted by molar-refractivity contribution is 6.02. The fourth-order valence-electron chi connectivity index (χ4n) is 4.85. The van der Waals surface area contributed by atoms with Crippen LogP contribution in [-0.2, 0) is 0 Å². The molecule has 0 aliphatic rings. The molecule has 38 heavy (non-hydrogen) atoms. The van der Waals surface area contributed by atoms with Gasteiger partial charge in [-0.05, 0) is 60.4 Å². The molecule has 1 atom stereocenters. The summed E-state index contributed by atoms with van der Waals surface area (Å²) in [7, 11) is 0. The van der Waals surface area contributed by atoms with Crippen LogP contribution in [-0.4, -0.2) is 35.6 Å². The van der Waals surface area contributed by atoms with Gasteiger partial charge in [0.05, 0.1) is 25.1 Å². The van der Waals surface area contributed by atoms with Gasteiger partial charge in [0.2, 0.25) is 0 Å². The van der Waals surface area contributed by atoms with E-state index in [4.69, 9.17) is 9.47 Å². The van der Waals surface area contributed by atoms with Crippen LogP contribution in [0.15, 0.2) is 83.1 Å². The molecule has 0 radical (unpaired) electrons. The molecule has 4 aromatic rings. The van der Waals surface area contributed by atoms with Crippen LogP contribution in [0, 0.1) is 0 Å². The number of hydrogen-bond donors (Lipinski definition) is 2. The van der Waals surface area contributed by atoms with E-state index in [0.29, 0.717) is 12.4 Å². The number of benzene rings is 4. The highest BCUT2D eigenvalue weighted by atomic mass is 16.5. The molecule has 6 heteroatoms. The van der Waals surface area contributed by atoms with Gasteiger partial charge in [-0.25, -0.2) is 0 Å². The molecule has 0 spiro atoms. The van der Waals surface area contributed by atoms with Crippen LogP contribution in [0.5, 0.6) is 11.5 Å². The minimum Gasteiger partial charge on any atom is -0.493 e. The number of fused-ring (bicyclic) bond motifs is 2. The third-order valence-electron chi connectivity index (χ3n) is 6.82. The number of ether oxygens (including phenoxy) is 2. The molecule has 4 rings (SSSR count). The lowest BCUT2D eigenvalue weighted by Crippen LogP contribution is -2.18. The van der Waals surface area contributed by atoms with Crippen molar-refractivity contribution in [2.75, 3.05) is 6.61 Å². The van der Waals surface area contributed by atoms with Crippen molar-refractivity contribution in [3.63, 3.8) is 0 Å². The second kappa shape index (κ2) is 14.0. The zero-order valence-electron chi connectivity index (χ0n) is 21.9. The molecule has 2 N–H and O–H groups in total. The molecule has 6 nitrogen and oxygen atoms in total. The Morgan fingerprint density at radius 3 is 2.13 bits per heavy atom. The predicted octanol–water partition coefficient (Wildman–Crippen LogP) is 8.19. The van der Waals surface area contributed by atoms with Gasteiger partial charge in [-0.15, -0.1) is 0 Å².